The van der Waals surface area contributed by atoms with Crippen molar-refractivity contribution in [1.29, 1.82) is 0 Å². The molecule has 0 fully saturated rings. The second kappa shape index (κ2) is 5.13. The fourth-order valence-electron chi connectivity index (χ4n) is 2.18. The lowest BCUT2D eigenvalue weighted by molar-refractivity contribution is 0.451. The Balaban J connectivity index is 2.20. The number of hydrazine groups is 1. The molecule has 19 heavy (non-hydrogen) atoms. The minimum Gasteiger partial charge on any atom is -0.466 e. The van der Waals surface area contributed by atoms with Gasteiger partial charge in [0.25, 0.3) is 0 Å². The van der Waals surface area contributed by atoms with Crippen molar-refractivity contribution in [1.82, 2.24) is 10.4 Å². The van der Waals surface area contributed by atoms with Gasteiger partial charge in [0, 0.05) is 17.1 Å². The predicted octanol–water partition coefficient (Wildman–Crippen LogP) is 3.14. The topological polar surface area (TPSA) is 64.1 Å². The summed E-state index contributed by atoms with van der Waals surface area (Å²) in [6, 6.07) is 11.5. The van der Waals surface area contributed by atoms with Crippen LogP contribution in [0.3, 0.4) is 0 Å². The number of para-hydroxylation sites is 1. The lowest BCUT2D eigenvalue weighted by Crippen LogP contribution is -2.29. The van der Waals surface area contributed by atoms with Crippen molar-refractivity contribution in [3.63, 3.8) is 0 Å². The first-order valence-electron chi connectivity index (χ1n) is 5.84. The van der Waals surface area contributed by atoms with Crippen LogP contribution >= 0.6 is 15.9 Å². The van der Waals surface area contributed by atoms with E-state index < -0.39 is 0 Å². The van der Waals surface area contributed by atoms with Crippen molar-refractivity contribution >= 4 is 26.8 Å². The summed E-state index contributed by atoms with van der Waals surface area (Å²) in [7, 11) is 0. The molecular formula is C14H12BrN3O. The Morgan fingerprint density at radius 3 is 2.79 bits per heavy atom. The summed E-state index contributed by atoms with van der Waals surface area (Å²) >= 11 is 3.46. The maximum Gasteiger partial charge on any atom is 0.140 e. The monoisotopic (exact) mass is 317 g/mol. The largest absolute Gasteiger partial charge is 0.466 e. The van der Waals surface area contributed by atoms with E-state index in [1.54, 1.807) is 12.5 Å². The summed E-state index contributed by atoms with van der Waals surface area (Å²) in [6.07, 6.45) is 3.40. The highest BCUT2D eigenvalue weighted by Crippen LogP contribution is 2.32. The lowest BCUT2D eigenvalue weighted by Gasteiger charge is -2.16. The van der Waals surface area contributed by atoms with Crippen LogP contribution in [0.4, 0.5) is 0 Å². The number of aromatic nitrogens is 1. The molecule has 2 heterocycles. The molecule has 96 valence electrons. The number of benzene rings is 1. The molecule has 3 aromatic rings. The van der Waals surface area contributed by atoms with E-state index in [1.807, 2.05) is 36.4 Å². The van der Waals surface area contributed by atoms with Crippen molar-refractivity contribution in [2.45, 2.75) is 6.04 Å². The molecule has 0 radical (unpaired) electrons. The van der Waals surface area contributed by atoms with E-state index >= 15 is 0 Å². The molecule has 1 atom stereocenters. The van der Waals surface area contributed by atoms with Gasteiger partial charge in [-0.15, -0.1) is 0 Å². The van der Waals surface area contributed by atoms with Crippen LogP contribution in [-0.2, 0) is 0 Å². The van der Waals surface area contributed by atoms with E-state index in [-0.39, 0.29) is 6.04 Å². The van der Waals surface area contributed by atoms with Gasteiger partial charge in [-0.25, -0.2) is 5.43 Å². The number of halogens is 1. The van der Waals surface area contributed by atoms with Gasteiger partial charge in [-0.2, -0.15) is 0 Å². The minimum atomic E-state index is -0.247. The zero-order valence-corrected chi connectivity index (χ0v) is 11.6. The molecule has 0 amide bonds. The fourth-order valence-corrected chi connectivity index (χ4v) is 2.61. The average molecular weight is 318 g/mol. The van der Waals surface area contributed by atoms with E-state index in [4.69, 9.17) is 10.3 Å². The van der Waals surface area contributed by atoms with Crippen LogP contribution in [0, 0.1) is 0 Å². The number of furan rings is 1. The Bertz CT molecular complexity index is 705. The Hall–Kier alpha value is -1.69. The SMILES string of the molecule is NNC(c1occc1Br)c1cccc2cccnc12. The summed E-state index contributed by atoms with van der Waals surface area (Å²) in [5.41, 5.74) is 4.69. The molecule has 0 saturated carbocycles. The van der Waals surface area contributed by atoms with Crippen LogP contribution < -0.4 is 11.3 Å². The van der Waals surface area contributed by atoms with Gasteiger partial charge in [0.15, 0.2) is 0 Å². The number of hydrogen-bond acceptors (Lipinski definition) is 4. The third-order valence-electron chi connectivity index (χ3n) is 3.05. The van der Waals surface area contributed by atoms with E-state index in [0.717, 1.165) is 26.7 Å². The first-order chi connectivity index (χ1) is 9.31. The maximum atomic E-state index is 5.70. The van der Waals surface area contributed by atoms with Gasteiger partial charge in [-0.05, 0) is 28.1 Å². The average Bonchev–Trinajstić information content (AvgIpc) is 2.86. The molecule has 1 unspecified atom stereocenters. The molecule has 3 N–H and O–H groups in total. The molecule has 0 spiro atoms. The van der Waals surface area contributed by atoms with Gasteiger partial charge in [-0.1, -0.05) is 24.3 Å². The van der Waals surface area contributed by atoms with Crippen molar-refractivity contribution < 1.29 is 4.42 Å². The summed E-state index contributed by atoms with van der Waals surface area (Å²) in [5.74, 6) is 6.43. The van der Waals surface area contributed by atoms with Crippen molar-refractivity contribution in [3.8, 4) is 0 Å². The van der Waals surface area contributed by atoms with Crippen LogP contribution in [0.25, 0.3) is 10.9 Å². The third kappa shape index (κ3) is 2.16. The summed E-state index contributed by atoms with van der Waals surface area (Å²) in [5, 5.41) is 1.07. The maximum absolute atomic E-state index is 5.70. The zero-order valence-electron chi connectivity index (χ0n) is 10.0. The number of nitrogens with zero attached hydrogens (tertiary/aromatic N) is 1. The number of rotatable bonds is 3. The Labute approximate surface area is 118 Å². The van der Waals surface area contributed by atoms with E-state index in [0.29, 0.717) is 0 Å². The molecule has 2 aromatic heterocycles. The molecule has 1 aromatic carbocycles. The highest BCUT2D eigenvalue weighted by Gasteiger charge is 2.21. The normalized spacial score (nSPS) is 12.7. The molecule has 0 aliphatic rings. The highest BCUT2D eigenvalue weighted by atomic mass is 79.9. The fraction of sp³-hybridized carbons (Fsp3) is 0.0714. The van der Waals surface area contributed by atoms with Crippen molar-refractivity contribution in [2.24, 2.45) is 5.84 Å². The van der Waals surface area contributed by atoms with Crippen molar-refractivity contribution in [2.75, 3.05) is 0 Å². The van der Waals surface area contributed by atoms with E-state index in [9.17, 15) is 0 Å². The molecule has 0 bridgehead atoms. The summed E-state index contributed by atoms with van der Waals surface area (Å²) in [6.45, 7) is 0. The van der Waals surface area contributed by atoms with Crippen LogP contribution in [0.2, 0.25) is 0 Å². The lowest BCUT2D eigenvalue weighted by atomic mass is 10.0. The van der Waals surface area contributed by atoms with Gasteiger partial charge in [0.1, 0.15) is 11.8 Å². The molecule has 0 saturated heterocycles. The molecule has 4 nitrogen and oxygen atoms in total. The van der Waals surface area contributed by atoms with Crippen LogP contribution in [0.1, 0.15) is 17.4 Å². The number of nitrogens with two attached hydrogens (primary N) is 1. The molecule has 0 aliphatic carbocycles. The van der Waals surface area contributed by atoms with Crippen LogP contribution in [-0.4, -0.2) is 4.98 Å². The second-order valence-electron chi connectivity index (χ2n) is 4.15. The van der Waals surface area contributed by atoms with Gasteiger partial charge >= 0.3 is 0 Å². The van der Waals surface area contributed by atoms with Gasteiger partial charge in [0.05, 0.1) is 16.3 Å². The highest BCUT2D eigenvalue weighted by molar-refractivity contribution is 9.10. The minimum absolute atomic E-state index is 0.247. The Morgan fingerprint density at radius 2 is 2.05 bits per heavy atom. The molecule has 3 rings (SSSR count). The van der Waals surface area contributed by atoms with Crippen LogP contribution in [0.15, 0.2) is 57.7 Å². The van der Waals surface area contributed by atoms with Gasteiger partial charge in [0.2, 0.25) is 0 Å². The number of pyridine rings is 1. The molecular weight excluding hydrogens is 306 g/mol. The zero-order chi connectivity index (χ0) is 13.2. The molecule has 0 aliphatic heterocycles. The summed E-state index contributed by atoms with van der Waals surface area (Å²) < 4.78 is 6.38. The second-order valence-corrected chi connectivity index (χ2v) is 5.01. The first-order valence-corrected chi connectivity index (χ1v) is 6.63. The van der Waals surface area contributed by atoms with E-state index in [1.165, 1.54) is 0 Å². The smallest absolute Gasteiger partial charge is 0.140 e. The van der Waals surface area contributed by atoms with E-state index in [2.05, 4.69) is 26.3 Å². The van der Waals surface area contributed by atoms with Gasteiger partial charge < -0.3 is 4.42 Å². The quantitative estimate of drug-likeness (QED) is 0.575. The van der Waals surface area contributed by atoms with Crippen LogP contribution in [0.5, 0.6) is 0 Å². The Kier molecular flexibility index (Phi) is 3.33. The van der Waals surface area contributed by atoms with Crippen molar-refractivity contribution in [3.05, 3.63) is 64.7 Å². The summed E-state index contributed by atoms with van der Waals surface area (Å²) in [4.78, 5) is 4.44. The number of fused-ring (bicyclic) bond motifs is 1. The Morgan fingerprint density at radius 1 is 1.21 bits per heavy atom. The van der Waals surface area contributed by atoms with Gasteiger partial charge in [-0.3, -0.25) is 10.8 Å². The number of hydrogen-bond donors (Lipinski definition) is 2. The first kappa shape index (κ1) is 12.3. The third-order valence-corrected chi connectivity index (χ3v) is 3.70. The molecule has 5 heteroatoms. The standard InChI is InChI=1S/C14H12BrN3O/c15-11-6-8-19-14(11)13(18-16)10-5-1-3-9-4-2-7-17-12(9)10/h1-8,13,18H,16H2. The predicted molar refractivity (Wildman–Crippen MR) is 77.3 cm³/mol. The number of nitrogens with one attached hydrogen (secondary N) is 1.